The topological polar surface area (TPSA) is 189 Å². The Balaban J connectivity index is 1.53. The van der Waals surface area contributed by atoms with E-state index in [1.165, 1.54) is 20.4 Å². The van der Waals surface area contributed by atoms with E-state index >= 15 is 0 Å². The third-order valence-corrected chi connectivity index (χ3v) is 8.05. The van der Waals surface area contributed by atoms with Gasteiger partial charge in [-0.3, -0.25) is 29.8 Å². The minimum atomic E-state index is -1.14. The van der Waals surface area contributed by atoms with Crippen LogP contribution in [0.15, 0.2) is 91.5 Å². The molecule has 47 heavy (non-hydrogen) atoms. The Hall–Kier alpha value is -5.79. The molecule has 0 bridgehead atoms. The number of aromatic amines is 1. The number of aryl methyl sites for hydroxylation is 2. The Morgan fingerprint density at radius 2 is 1.30 bits per heavy atom. The molecule has 3 aromatic rings. The average Bonchev–Trinajstić information content (AvgIpc) is 3.57. The summed E-state index contributed by atoms with van der Waals surface area (Å²) in [4.78, 5) is 60.0. The number of nitrogens with one attached hydrogen (secondary N) is 3. The molecular weight excluding hydrogens is 604 g/mol. The molecule has 3 heterocycles. The Labute approximate surface area is 270 Å². The van der Waals surface area contributed by atoms with Gasteiger partial charge in [0.1, 0.15) is 28.7 Å². The maximum Gasteiger partial charge on any atom is 0.257 e. The number of ether oxygens (including phenoxy) is 2. The van der Waals surface area contributed by atoms with Crippen molar-refractivity contribution in [2.75, 3.05) is 14.2 Å². The third kappa shape index (κ3) is 6.76. The molecule has 0 radical (unpaired) electrons. The van der Waals surface area contributed by atoms with Gasteiger partial charge in [0, 0.05) is 23.5 Å². The van der Waals surface area contributed by atoms with E-state index in [1.807, 2.05) is 26.0 Å². The minimum absolute atomic E-state index is 0.0533. The lowest BCUT2D eigenvalue weighted by atomic mass is 9.81. The van der Waals surface area contributed by atoms with Crippen LogP contribution in [0.3, 0.4) is 0 Å². The second-order valence-electron chi connectivity index (χ2n) is 11.2. The molecule has 1 aromatic heterocycles. The molecule has 3 N–H and O–H groups in total. The summed E-state index contributed by atoms with van der Waals surface area (Å²) in [6.07, 6.45) is 3.05. The number of benzene rings is 2. The highest BCUT2D eigenvalue weighted by molar-refractivity contribution is 6.13. The monoisotopic (exact) mass is 638 g/mol. The first-order valence-corrected chi connectivity index (χ1v) is 14.7. The van der Waals surface area contributed by atoms with Gasteiger partial charge in [-0.2, -0.15) is 20.5 Å². The summed E-state index contributed by atoms with van der Waals surface area (Å²) < 4.78 is 10.8. The molecule has 3 unspecified atom stereocenters. The summed E-state index contributed by atoms with van der Waals surface area (Å²) in [5.74, 6) is -2.07. The van der Waals surface area contributed by atoms with Gasteiger partial charge in [0.05, 0.1) is 20.1 Å². The third-order valence-electron chi connectivity index (χ3n) is 8.05. The summed E-state index contributed by atoms with van der Waals surface area (Å²) in [6.45, 7) is 7.06. The molecule has 0 saturated carbocycles. The zero-order valence-corrected chi connectivity index (χ0v) is 26.7. The molecule has 2 aliphatic rings. The van der Waals surface area contributed by atoms with Gasteiger partial charge in [-0.25, -0.2) is 4.98 Å². The maximum atomic E-state index is 13.4. The number of imidazole rings is 1. The lowest BCUT2D eigenvalue weighted by Crippen LogP contribution is -2.47. The van der Waals surface area contributed by atoms with Crippen LogP contribution in [0.2, 0.25) is 0 Å². The van der Waals surface area contributed by atoms with Crippen LogP contribution in [0.4, 0.5) is 11.4 Å². The van der Waals surface area contributed by atoms with Gasteiger partial charge in [0.15, 0.2) is 12.1 Å². The van der Waals surface area contributed by atoms with Gasteiger partial charge < -0.3 is 14.5 Å². The number of rotatable bonds is 10. The first-order chi connectivity index (χ1) is 22.5. The number of hydrogen-bond donors (Lipinski definition) is 3. The van der Waals surface area contributed by atoms with E-state index in [4.69, 9.17) is 9.47 Å². The Bertz CT molecular complexity index is 1870. The number of hydrogen-bond acceptors (Lipinski definition) is 11. The fraction of sp³-hybridized carbons (Fsp3) is 0.303. The maximum absolute atomic E-state index is 13.4. The number of carbonyl (C=O) groups is 4. The van der Waals surface area contributed by atoms with Crippen molar-refractivity contribution in [3.63, 3.8) is 0 Å². The van der Waals surface area contributed by atoms with Crippen molar-refractivity contribution in [2.24, 2.45) is 20.5 Å². The Kier molecular flexibility index (Phi) is 9.49. The van der Waals surface area contributed by atoms with Gasteiger partial charge in [-0.1, -0.05) is 12.1 Å². The van der Waals surface area contributed by atoms with E-state index in [0.717, 1.165) is 11.1 Å². The van der Waals surface area contributed by atoms with Crippen molar-refractivity contribution in [1.29, 1.82) is 0 Å². The van der Waals surface area contributed by atoms with Crippen LogP contribution in [0.5, 0.6) is 11.5 Å². The molecule has 14 heteroatoms. The van der Waals surface area contributed by atoms with E-state index in [0.29, 0.717) is 39.8 Å². The number of azo groups is 2. The lowest BCUT2D eigenvalue weighted by molar-refractivity contribution is -0.132. The molecule has 0 saturated heterocycles. The van der Waals surface area contributed by atoms with E-state index in [9.17, 15) is 19.2 Å². The standard InChI is InChI=1S/C33H34N8O6/c1-16-7-9-22(24(13-16)46-5)38-40-27-18(3)20(30(42)36-32(27)44)15-21(29-34-11-12-35-29)26-19(4)28(33(45)37-31(26)43)41-39-23-10-8-17(2)14-25(23)47-6/h7-14,21,27-28H,15H2,1-6H3,(H,34,35)(H,36,42,44)(H,37,43,45). The van der Waals surface area contributed by atoms with Gasteiger partial charge >= 0.3 is 0 Å². The lowest BCUT2D eigenvalue weighted by Gasteiger charge is -2.29. The summed E-state index contributed by atoms with van der Waals surface area (Å²) in [6, 6.07) is 8.43. The normalized spacial score (nSPS) is 19.4. The van der Waals surface area contributed by atoms with Crippen molar-refractivity contribution in [2.45, 2.75) is 52.1 Å². The predicted octanol–water partition coefficient (Wildman–Crippen LogP) is 4.77. The highest BCUT2D eigenvalue weighted by atomic mass is 16.5. The number of amides is 4. The number of nitrogens with zero attached hydrogens (tertiary/aromatic N) is 5. The van der Waals surface area contributed by atoms with Crippen LogP contribution in [0.25, 0.3) is 0 Å². The van der Waals surface area contributed by atoms with E-state index in [1.54, 1.807) is 44.3 Å². The van der Waals surface area contributed by atoms with Crippen molar-refractivity contribution >= 4 is 35.0 Å². The van der Waals surface area contributed by atoms with Crippen LogP contribution in [0.1, 0.15) is 43.1 Å². The zero-order chi connectivity index (χ0) is 33.8. The average molecular weight is 639 g/mol. The zero-order valence-electron chi connectivity index (χ0n) is 26.7. The van der Waals surface area contributed by atoms with Crippen molar-refractivity contribution in [1.82, 2.24) is 20.6 Å². The van der Waals surface area contributed by atoms with Crippen molar-refractivity contribution in [3.8, 4) is 11.5 Å². The number of H-pyrrole nitrogens is 1. The molecule has 14 nitrogen and oxygen atoms in total. The molecule has 4 amide bonds. The molecule has 2 aromatic carbocycles. The van der Waals surface area contributed by atoms with E-state index < -0.39 is 41.6 Å². The van der Waals surface area contributed by atoms with E-state index in [2.05, 4.69) is 41.1 Å². The second kappa shape index (κ2) is 13.7. The van der Waals surface area contributed by atoms with E-state index in [-0.39, 0.29) is 17.6 Å². The van der Waals surface area contributed by atoms with Gasteiger partial charge in [-0.15, -0.1) is 0 Å². The molecule has 242 valence electrons. The molecule has 0 aliphatic carbocycles. The summed E-state index contributed by atoms with van der Waals surface area (Å²) in [5.41, 5.74) is 3.84. The predicted molar refractivity (Wildman–Crippen MR) is 170 cm³/mol. The van der Waals surface area contributed by atoms with Gasteiger partial charge in [-0.05, 0) is 80.7 Å². The van der Waals surface area contributed by atoms with Crippen LogP contribution >= 0.6 is 0 Å². The second-order valence-corrected chi connectivity index (χ2v) is 11.2. The fourth-order valence-electron chi connectivity index (χ4n) is 5.51. The Morgan fingerprint density at radius 3 is 1.81 bits per heavy atom. The summed E-state index contributed by atoms with van der Waals surface area (Å²) >= 11 is 0. The number of methoxy groups -OCH3 is 2. The largest absolute Gasteiger partial charge is 0.494 e. The number of aromatic nitrogens is 2. The summed E-state index contributed by atoms with van der Waals surface area (Å²) in [7, 11) is 3.02. The summed E-state index contributed by atoms with van der Waals surface area (Å²) in [5, 5.41) is 21.8. The van der Waals surface area contributed by atoms with Crippen LogP contribution in [-0.2, 0) is 19.2 Å². The minimum Gasteiger partial charge on any atom is -0.494 e. The highest BCUT2D eigenvalue weighted by Gasteiger charge is 2.40. The Morgan fingerprint density at radius 1 is 0.766 bits per heavy atom. The van der Waals surface area contributed by atoms with Crippen molar-refractivity contribution < 1.29 is 28.7 Å². The van der Waals surface area contributed by atoms with Crippen LogP contribution in [0, 0.1) is 13.8 Å². The SMILES string of the molecule is COc1cc(C)ccc1N=NC1C(=O)NC(=O)C(CC(C2=C(C)C(N=Nc3ccc(C)cc3OC)C(=O)NC2=O)c2ncc[nH]2)=C1C. The molecule has 0 spiro atoms. The first kappa shape index (κ1) is 32.6. The van der Waals surface area contributed by atoms with Crippen LogP contribution in [-0.4, -0.2) is 59.9 Å². The highest BCUT2D eigenvalue weighted by Crippen LogP contribution is 2.38. The van der Waals surface area contributed by atoms with Gasteiger partial charge in [0.2, 0.25) is 0 Å². The molecular formula is C33H34N8O6. The molecule has 2 aliphatic heterocycles. The fourth-order valence-corrected chi connectivity index (χ4v) is 5.51. The first-order valence-electron chi connectivity index (χ1n) is 14.7. The molecule has 5 rings (SSSR count). The smallest absolute Gasteiger partial charge is 0.257 e. The van der Waals surface area contributed by atoms with Gasteiger partial charge in [0.25, 0.3) is 23.6 Å². The van der Waals surface area contributed by atoms with Crippen molar-refractivity contribution in [3.05, 3.63) is 88.0 Å². The number of carbonyl (C=O) groups excluding carboxylic acids is 4. The quantitative estimate of drug-likeness (QED) is 0.211. The molecule has 0 fully saturated rings. The molecule has 3 atom stereocenters. The number of imide groups is 2. The van der Waals surface area contributed by atoms with Crippen LogP contribution < -0.4 is 20.1 Å².